The highest BCUT2D eigenvalue weighted by Crippen LogP contribution is 2.36. The van der Waals surface area contributed by atoms with Crippen LogP contribution < -0.4 is 5.56 Å². The highest BCUT2D eigenvalue weighted by molar-refractivity contribution is 7.98. The lowest BCUT2D eigenvalue weighted by Gasteiger charge is -2.12. The highest BCUT2D eigenvalue weighted by Gasteiger charge is 2.34. The van der Waals surface area contributed by atoms with E-state index < -0.39 is 28.7 Å². The number of hydrogen-bond acceptors (Lipinski definition) is 3. The molecule has 21 heavy (non-hydrogen) atoms. The van der Waals surface area contributed by atoms with Crippen LogP contribution in [0, 0.1) is 5.82 Å². The second kappa shape index (κ2) is 4.87. The average Bonchev–Trinajstić information content (AvgIpc) is 2.86. The number of hydrogen-bond donors (Lipinski definition) is 1. The molecule has 0 aliphatic carbocycles. The number of thioether (sulfide) groups is 1. The van der Waals surface area contributed by atoms with E-state index in [1.807, 2.05) is 0 Å². The molecule has 3 rings (SSSR count). The number of aromatic nitrogens is 2. The van der Waals surface area contributed by atoms with Crippen LogP contribution in [0.5, 0.6) is 0 Å². The first-order valence-electron chi connectivity index (χ1n) is 5.93. The standard InChI is InChI=1S/C13H8F4N2OS/c14-6-1-2-9(13(15,16)17)7(3-6)11-18-10-5-21-4-8(10)12(20)19-11/h1-3H,4-5H2,(H,18,19,20). The van der Waals surface area contributed by atoms with E-state index in [2.05, 4.69) is 9.97 Å². The summed E-state index contributed by atoms with van der Waals surface area (Å²) in [5.74, 6) is -0.139. The molecule has 8 heteroatoms. The van der Waals surface area contributed by atoms with E-state index in [0.29, 0.717) is 28.8 Å². The minimum atomic E-state index is -4.66. The van der Waals surface area contributed by atoms with Crippen molar-refractivity contribution in [3.63, 3.8) is 0 Å². The number of halogens is 4. The van der Waals surface area contributed by atoms with Gasteiger partial charge in [-0.1, -0.05) is 0 Å². The molecule has 3 nitrogen and oxygen atoms in total. The Kier molecular flexibility index (Phi) is 3.27. The third-order valence-corrected chi connectivity index (χ3v) is 4.10. The Hall–Kier alpha value is -1.83. The maximum atomic E-state index is 13.3. The first-order chi connectivity index (χ1) is 9.86. The molecular weight excluding hydrogens is 308 g/mol. The van der Waals surface area contributed by atoms with Gasteiger partial charge in [0, 0.05) is 22.6 Å². The molecule has 0 atom stereocenters. The molecule has 0 radical (unpaired) electrons. The minimum Gasteiger partial charge on any atom is -0.306 e. The Morgan fingerprint density at radius 2 is 2.00 bits per heavy atom. The Balaban J connectivity index is 2.24. The number of H-pyrrole nitrogens is 1. The summed E-state index contributed by atoms with van der Waals surface area (Å²) < 4.78 is 52.3. The van der Waals surface area contributed by atoms with E-state index in [0.717, 1.165) is 12.1 Å². The van der Waals surface area contributed by atoms with Crippen molar-refractivity contribution in [2.45, 2.75) is 17.7 Å². The van der Waals surface area contributed by atoms with Crippen molar-refractivity contribution < 1.29 is 17.6 Å². The molecule has 110 valence electrons. The third-order valence-electron chi connectivity index (χ3n) is 3.13. The van der Waals surface area contributed by atoms with Crippen molar-refractivity contribution in [2.24, 2.45) is 0 Å². The summed E-state index contributed by atoms with van der Waals surface area (Å²) in [5.41, 5.74) is -1.04. The number of rotatable bonds is 1. The van der Waals surface area contributed by atoms with E-state index in [1.165, 1.54) is 11.8 Å². The van der Waals surface area contributed by atoms with Gasteiger partial charge in [-0.3, -0.25) is 4.79 Å². The van der Waals surface area contributed by atoms with Gasteiger partial charge in [0.2, 0.25) is 0 Å². The van der Waals surface area contributed by atoms with Gasteiger partial charge in [0.1, 0.15) is 11.6 Å². The predicted octanol–water partition coefficient (Wildman–Crippen LogP) is 3.34. The Morgan fingerprint density at radius 3 is 2.71 bits per heavy atom. The van der Waals surface area contributed by atoms with Crippen LogP contribution in [0.4, 0.5) is 17.6 Å². The van der Waals surface area contributed by atoms with E-state index in [-0.39, 0.29) is 5.82 Å². The second-order valence-corrected chi connectivity index (χ2v) is 5.51. The molecule has 0 saturated heterocycles. The van der Waals surface area contributed by atoms with Gasteiger partial charge in [0.15, 0.2) is 0 Å². The summed E-state index contributed by atoms with van der Waals surface area (Å²) in [4.78, 5) is 18.2. The van der Waals surface area contributed by atoms with E-state index in [1.54, 1.807) is 0 Å². The van der Waals surface area contributed by atoms with Crippen molar-refractivity contribution in [1.29, 1.82) is 0 Å². The van der Waals surface area contributed by atoms with Crippen LogP contribution in [0.3, 0.4) is 0 Å². The molecule has 2 heterocycles. The fraction of sp³-hybridized carbons (Fsp3) is 0.231. The second-order valence-electron chi connectivity index (χ2n) is 4.52. The summed E-state index contributed by atoms with van der Waals surface area (Å²) >= 11 is 1.46. The van der Waals surface area contributed by atoms with Crippen molar-refractivity contribution in [1.82, 2.24) is 9.97 Å². The summed E-state index contributed by atoms with van der Waals surface area (Å²) in [6.45, 7) is 0. The monoisotopic (exact) mass is 316 g/mol. The van der Waals surface area contributed by atoms with Gasteiger partial charge in [-0.15, -0.1) is 0 Å². The van der Waals surface area contributed by atoms with Gasteiger partial charge in [-0.2, -0.15) is 24.9 Å². The first-order valence-corrected chi connectivity index (χ1v) is 7.08. The van der Waals surface area contributed by atoms with Gasteiger partial charge >= 0.3 is 6.18 Å². The molecule has 0 amide bonds. The lowest BCUT2D eigenvalue weighted by Crippen LogP contribution is -2.17. The summed E-state index contributed by atoms with van der Waals surface area (Å²) in [6, 6.07) is 2.11. The number of benzene rings is 1. The topological polar surface area (TPSA) is 45.8 Å². The molecule has 2 aromatic rings. The van der Waals surface area contributed by atoms with Gasteiger partial charge < -0.3 is 4.98 Å². The highest BCUT2D eigenvalue weighted by atomic mass is 32.2. The molecule has 1 aromatic carbocycles. The van der Waals surface area contributed by atoms with E-state index >= 15 is 0 Å². The Morgan fingerprint density at radius 1 is 1.24 bits per heavy atom. The number of nitrogens with zero attached hydrogens (tertiary/aromatic N) is 1. The summed E-state index contributed by atoms with van der Waals surface area (Å²) in [5, 5.41) is 0. The quantitative estimate of drug-likeness (QED) is 0.821. The van der Waals surface area contributed by atoms with Crippen LogP contribution in [0.2, 0.25) is 0 Å². The zero-order valence-electron chi connectivity index (χ0n) is 10.4. The molecule has 0 spiro atoms. The van der Waals surface area contributed by atoms with Crippen LogP contribution >= 0.6 is 11.8 Å². The van der Waals surface area contributed by atoms with Gasteiger partial charge in [-0.25, -0.2) is 9.37 Å². The number of alkyl halides is 3. The number of nitrogens with one attached hydrogen (secondary N) is 1. The molecule has 1 aromatic heterocycles. The lowest BCUT2D eigenvalue weighted by molar-refractivity contribution is -0.137. The largest absolute Gasteiger partial charge is 0.417 e. The molecule has 0 fully saturated rings. The zero-order chi connectivity index (χ0) is 15.2. The lowest BCUT2D eigenvalue weighted by atomic mass is 10.1. The fourth-order valence-electron chi connectivity index (χ4n) is 2.15. The van der Waals surface area contributed by atoms with Crippen LogP contribution in [0.15, 0.2) is 23.0 Å². The molecule has 1 N–H and O–H groups in total. The average molecular weight is 316 g/mol. The molecule has 1 aliphatic heterocycles. The maximum absolute atomic E-state index is 13.3. The molecule has 1 aliphatic rings. The smallest absolute Gasteiger partial charge is 0.306 e. The SMILES string of the molecule is O=c1[nH]c(-c2cc(F)ccc2C(F)(F)F)nc2c1CSC2. The summed E-state index contributed by atoms with van der Waals surface area (Å²) in [7, 11) is 0. The van der Waals surface area contributed by atoms with Crippen LogP contribution in [0.1, 0.15) is 16.8 Å². The molecule has 0 saturated carbocycles. The molecule has 0 bridgehead atoms. The van der Waals surface area contributed by atoms with Crippen molar-refractivity contribution in [3.8, 4) is 11.4 Å². The van der Waals surface area contributed by atoms with Crippen LogP contribution in [0.25, 0.3) is 11.4 Å². The third kappa shape index (κ3) is 2.55. The predicted molar refractivity (Wildman–Crippen MR) is 70.3 cm³/mol. The van der Waals surface area contributed by atoms with Gasteiger partial charge in [0.05, 0.1) is 11.3 Å². The molecular formula is C13H8F4N2OS. The Bertz CT molecular complexity index is 770. The maximum Gasteiger partial charge on any atom is 0.417 e. The van der Waals surface area contributed by atoms with Crippen molar-refractivity contribution >= 4 is 11.8 Å². The normalized spacial score (nSPS) is 14.3. The molecule has 0 unspecified atom stereocenters. The van der Waals surface area contributed by atoms with Crippen LogP contribution in [-0.2, 0) is 17.7 Å². The fourth-order valence-corrected chi connectivity index (χ4v) is 3.19. The van der Waals surface area contributed by atoms with Crippen LogP contribution in [-0.4, -0.2) is 9.97 Å². The minimum absolute atomic E-state index is 0.256. The van der Waals surface area contributed by atoms with Gasteiger partial charge in [0.25, 0.3) is 5.56 Å². The summed E-state index contributed by atoms with van der Waals surface area (Å²) in [6.07, 6.45) is -4.66. The van der Waals surface area contributed by atoms with Gasteiger partial charge in [-0.05, 0) is 18.2 Å². The number of aromatic amines is 1. The van der Waals surface area contributed by atoms with E-state index in [4.69, 9.17) is 0 Å². The first kappa shape index (κ1) is 14.1. The van der Waals surface area contributed by atoms with Crippen molar-refractivity contribution in [2.75, 3.05) is 0 Å². The van der Waals surface area contributed by atoms with Crippen molar-refractivity contribution in [3.05, 3.63) is 51.2 Å². The number of fused-ring (bicyclic) bond motifs is 1. The Labute approximate surface area is 120 Å². The zero-order valence-corrected chi connectivity index (χ0v) is 11.2. The van der Waals surface area contributed by atoms with E-state index in [9.17, 15) is 22.4 Å².